The second-order valence-electron chi connectivity index (χ2n) is 4.91. The van der Waals surface area contributed by atoms with Gasteiger partial charge in [0.2, 0.25) is 0 Å². The first-order chi connectivity index (χ1) is 9.92. The molecule has 1 aromatic rings. The molecule has 0 atom stereocenters. The number of aliphatic imine (C=N–C) groups is 1. The normalized spacial score (nSPS) is 12.7. The van der Waals surface area contributed by atoms with E-state index in [9.17, 15) is 4.39 Å². The quantitative estimate of drug-likeness (QED) is 0.595. The van der Waals surface area contributed by atoms with Crippen molar-refractivity contribution < 1.29 is 9.13 Å². The van der Waals surface area contributed by atoms with Crippen molar-refractivity contribution in [2.75, 3.05) is 34.3 Å². The van der Waals surface area contributed by atoms with Crippen LogP contribution in [0.1, 0.15) is 6.92 Å². The molecule has 1 aromatic carbocycles. The maximum atomic E-state index is 13.5. The first-order valence-corrected chi connectivity index (χ1v) is 6.67. The first kappa shape index (κ1) is 17.0. The van der Waals surface area contributed by atoms with Gasteiger partial charge < -0.3 is 20.7 Å². The number of methoxy groups -OCH3 is 1. The van der Waals surface area contributed by atoms with Gasteiger partial charge in [0.05, 0.1) is 12.8 Å². The molecule has 0 aliphatic heterocycles. The third-order valence-electron chi connectivity index (χ3n) is 2.72. The Kier molecular flexibility index (Phi) is 6.68. The number of amidine groups is 1. The number of nitrogens with one attached hydrogen (secondary N) is 1. The highest BCUT2D eigenvalue weighted by molar-refractivity contribution is 5.93. The topological polar surface area (TPSA) is 62.9 Å². The van der Waals surface area contributed by atoms with E-state index in [0.29, 0.717) is 11.5 Å². The molecule has 0 spiro atoms. The minimum atomic E-state index is -0.462. The lowest BCUT2D eigenvalue weighted by molar-refractivity contribution is 0.386. The number of ether oxygens (including phenoxy) is 1. The summed E-state index contributed by atoms with van der Waals surface area (Å²) in [5.74, 6) is 0.0374. The Labute approximate surface area is 125 Å². The van der Waals surface area contributed by atoms with Gasteiger partial charge in [-0.05, 0) is 39.2 Å². The van der Waals surface area contributed by atoms with Crippen molar-refractivity contribution in [1.29, 1.82) is 0 Å². The Morgan fingerprint density at radius 3 is 2.76 bits per heavy atom. The van der Waals surface area contributed by atoms with Gasteiger partial charge in [-0.1, -0.05) is 0 Å². The second kappa shape index (κ2) is 8.26. The monoisotopic (exact) mass is 294 g/mol. The molecule has 0 radical (unpaired) electrons. The van der Waals surface area contributed by atoms with E-state index in [2.05, 4.69) is 15.2 Å². The minimum Gasteiger partial charge on any atom is -0.494 e. The Balaban J connectivity index is 2.68. The van der Waals surface area contributed by atoms with Crippen molar-refractivity contribution in [2.45, 2.75) is 6.92 Å². The fourth-order valence-corrected chi connectivity index (χ4v) is 1.66. The third kappa shape index (κ3) is 6.27. The van der Waals surface area contributed by atoms with Crippen molar-refractivity contribution >= 4 is 11.5 Å². The van der Waals surface area contributed by atoms with E-state index in [4.69, 9.17) is 10.5 Å². The van der Waals surface area contributed by atoms with Crippen LogP contribution in [-0.4, -0.2) is 45.0 Å². The molecule has 6 heteroatoms. The molecule has 0 aromatic heterocycles. The van der Waals surface area contributed by atoms with Gasteiger partial charge >= 0.3 is 0 Å². The van der Waals surface area contributed by atoms with Gasteiger partial charge in [0.25, 0.3) is 0 Å². The van der Waals surface area contributed by atoms with Crippen LogP contribution in [0.4, 0.5) is 10.1 Å². The maximum absolute atomic E-state index is 13.5. The van der Waals surface area contributed by atoms with Crippen LogP contribution in [-0.2, 0) is 0 Å². The summed E-state index contributed by atoms with van der Waals surface area (Å²) in [6, 6.07) is 4.46. The number of hydrogen-bond donors (Lipinski definition) is 2. The highest BCUT2D eigenvalue weighted by atomic mass is 19.1. The van der Waals surface area contributed by atoms with Crippen LogP contribution in [0.2, 0.25) is 0 Å². The molecule has 0 saturated carbocycles. The number of benzene rings is 1. The summed E-state index contributed by atoms with van der Waals surface area (Å²) in [6.45, 7) is 3.65. The standard InChI is InChI=1S/C15H23FN4O/c1-11(18-7-8-20(2)3)9-15(17)19-12-5-6-14(21-4)13(16)10-12/h5-6,9-10,18H,7-8H2,1-4H3,(H2,17,19)/b11-9+. The molecular weight excluding hydrogens is 271 g/mol. The van der Waals surface area contributed by atoms with E-state index in [1.807, 2.05) is 21.0 Å². The number of rotatable bonds is 7. The molecular formula is C15H23FN4O. The van der Waals surface area contributed by atoms with Gasteiger partial charge in [0.15, 0.2) is 11.6 Å². The van der Waals surface area contributed by atoms with E-state index in [1.54, 1.807) is 12.1 Å². The summed E-state index contributed by atoms with van der Waals surface area (Å²) in [6.07, 6.45) is 1.72. The number of hydrogen-bond acceptors (Lipinski definition) is 4. The zero-order valence-electron chi connectivity index (χ0n) is 13.0. The molecule has 3 N–H and O–H groups in total. The van der Waals surface area contributed by atoms with Gasteiger partial charge in [-0.2, -0.15) is 0 Å². The van der Waals surface area contributed by atoms with Crippen molar-refractivity contribution in [3.05, 3.63) is 35.8 Å². The van der Waals surface area contributed by atoms with E-state index in [0.717, 1.165) is 18.8 Å². The summed E-state index contributed by atoms with van der Waals surface area (Å²) < 4.78 is 18.4. The number of nitrogens with zero attached hydrogens (tertiary/aromatic N) is 2. The minimum absolute atomic E-state index is 0.185. The largest absolute Gasteiger partial charge is 0.494 e. The molecule has 0 unspecified atom stereocenters. The van der Waals surface area contributed by atoms with Gasteiger partial charge in [-0.15, -0.1) is 0 Å². The predicted octanol–water partition coefficient (Wildman–Crippen LogP) is 1.88. The number of halogens is 1. The van der Waals surface area contributed by atoms with Crippen LogP contribution in [0.25, 0.3) is 0 Å². The second-order valence-corrected chi connectivity index (χ2v) is 4.91. The number of allylic oxidation sites excluding steroid dienone is 1. The van der Waals surface area contributed by atoms with Gasteiger partial charge in [0, 0.05) is 24.9 Å². The average molecular weight is 294 g/mol. The molecule has 21 heavy (non-hydrogen) atoms. The Morgan fingerprint density at radius 2 is 2.19 bits per heavy atom. The van der Waals surface area contributed by atoms with Crippen LogP contribution in [0.15, 0.2) is 35.0 Å². The predicted molar refractivity (Wildman–Crippen MR) is 84.5 cm³/mol. The van der Waals surface area contributed by atoms with E-state index in [1.165, 1.54) is 19.2 Å². The van der Waals surface area contributed by atoms with Crippen LogP contribution in [0, 0.1) is 5.82 Å². The highest BCUT2D eigenvalue weighted by Crippen LogP contribution is 2.22. The summed E-state index contributed by atoms with van der Waals surface area (Å²) in [5, 5.41) is 3.22. The lowest BCUT2D eigenvalue weighted by Gasteiger charge is -2.11. The smallest absolute Gasteiger partial charge is 0.167 e. The first-order valence-electron chi connectivity index (χ1n) is 6.67. The summed E-state index contributed by atoms with van der Waals surface area (Å²) in [5.41, 5.74) is 7.18. The van der Waals surface area contributed by atoms with E-state index >= 15 is 0 Å². The maximum Gasteiger partial charge on any atom is 0.167 e. The van der Waals surface area contributed by atoms with Gasteiger partial charge in [-0.25, -0.2) is 9.38 Å². The van der Waals surface area contributed by atoms with Gasteiger partial charge in [-0.3, -0.25) is 0 Å². The fraction of sp³-hybridized carbons (Fsp3) is 0.400. The SMILES string of the molecule is COc1ccc(N=C(N)/C=C(\C)NCCN(C)C)cc1F. The van der Waals surface area contributed by atoms with Crippen LogP contribution in [0.3, 0.4) is 0 Å². The third-order valence-corrected chi connectivity index (χ3v) is 2.72. The molecule has 116 valence electrons. The summed E-state index contributed by atoms with van der Waals surface area (Å²) >= 11 is 0. The Morgan fingerprint density at radius 1 is 1.48 bits per heavy atom. The van der Waals surface area contributed by atoms with Crippen molar-refractivity contribution in [2.24, 2.45) is 10.7 Å². The van der Waals surface area contributed by atoms with Crippen LogP contribution >= 0.6 is 0 Å². The number of nitrogens with two attached hydrogens (primary N) is 1. The zero-order chi connectivity index (χ0) is 15.8. The highest BCUT2D eigenvalue weighted by Gasteiger charge is 2.02. The molecule has 0 saturated heterocycles. The van der Waals surface area contributed by atoms with Gasteiger partial charge in [0.1, 0.15) is 5.84 Å². The van der Waals surface area contributed by atoms with Crippen molar-refractivity contribution in [3.8, 4) is 5.75 Å². The summed E-state index contributed by atoms with van der Waals surface area (Å²) in [4.78, 5) is 6.23. The summed E-state index contributed by atoms with van der Waals surface area (Å²) in [7, 11) is 5.44. The molecule has 0 amide bonds. The molecule has 0 heterocycles. The lowest BCUT2D eigenvalue weighted by Crippen LogP contribution is -2.26. The molecule has 0 bridgehead atoms. The molecule has 1 rings (SSSR count). The Bertz CT molecular complexity index is 526. The fourth-order valence-electron chi connectivity index (χ4n) is 1.66. The molecule has 0 aliphatic rings. The number of likely N-dealkylation sites (N-methyl/N-ethyl adjacent to an activating group) is 1. The van der Waals surface area contributed by atoms with Crippen molar-refractivity contribution in [3.63, 3.8) is 0 Å². The van der Waals surface area contributed by atoms with Crippen LogP contribution in [0.5, 0.6) is 5.75 Å². The average Bonchev–Trinajstić information content (AvgIpc) is 2.38. The molecule has 5 nitrogen and oxygen atoms in total. The molecule has 0 aliphatic carbocycles. The van der Waals surface area contributed by atoms with E-state index in [-0.39, 0.29) is 5.75 Å². The van der Waals surface area contributed by atoms with E-state index < -0.39 is 5.82 Å². The van der Waals surface area contributed by atoms with Crippen molar-refractivity contribution in [1.82, 2.24) is 10.2 Å². The lowest BCUT2D eigenvalue weighted by atomic mass is 10.3. The Hall–Kier alpha value is -2.08. The molecule has 0 fully saturated rings. The zero-order valence-corrected chi connectivity index (χ0v) is 13.0. The van der Waals surface area contributed by atoms with Crippen LogP contribution < -0.4 is 15.8 Å².